The number of rotatable bonds is 8. The van der Waals surface area contributed by atoms with Crippen molar-refractivity contribution in [3.8, 4) is 0 Å². The Balaban J connectivity index is 2.28. The number of benzene rings is 1. The maximum absolute atomic E-state index is 11.5. The van der Waals surface area contributed by atoms with E-state index in [0.29, 0.717) is 18.9 Å². The molecule has 2 N–H and O–H groups in total. The van der Waals surface area contributed by atoms with Crippen molar-refractivity contribution in [1.29, 1.82) is 0 Å². The Morgan fingerprint density at radius 1 is 1.32 bits per heavy atom. The number of ether oxygens (including phenoxy) is 1. The van der Waals surface area contributed by atoms with Gasteiger partial charge in [0, 0.05) is 25.2 Å². The Labute approximate surface area is 116 Å². The molecule has 0 saturated carbocycles. The molecule has 0 saturated heterocycles. The Kier molecular flexibility index (Phi) is 6.99. The molecule has 0 radical (unpaired) electrons. The predicted molar refractivity (Wildman–Crippen MR) is 73.6 cm³/mol. The second-order valence-electron chi connectivity index (χ2n) is 3.81. The number of aromatic carboxylic acids is 1. The third kappa shape index (κ3) is 6.26. The number of carboxylic acid groups (broad SMARTS) is 1. The summed E-state index contributed by atoms with van der Waals surface area (Å²) in [6.45, 7) is 1.23. The Morgan fingerprint density at radius 3 is 2.58 bits per heavy atom. The van der Waals surface area contributed by atoms with E-state index in [4.69, 9.17) is 9.84 Å². The molecule has 0 atom stereocenters. The highest BCUT2D eigenvalue weighted by Crippen LogP contribution is 2.18. The van der Waals surface area contributed by atoms with Gasteiger partial charge in [0.15, 0.2) is 0 Å². The highest BCUT2D eigenvalue weighted by atomic mass is 32.2. The number of nitrogens with one attached hydrogen (secondary N) is 1. The first-order valence-electron chi connectivity index (χ1n) is 5.85. The number of hydrogen-bond donors (Lipinski definition) is 2. The summed E-state index contributed by atoms with van der Waals surface area (Å²) in [5.41, 5.74) is 0.244. The summed E-state index contributed by atoms with van der Waals surface area (Å²) in [5, 5.41) is 11.5. The Hall–Kier alpha value is -1.53. The van der Waals surface area contributed by atoms with E-state index >= 15 is 0 Å². The van der Waals surface area contributed by atoms with Gasteiger partial charge < -0.3 is 15.2 Å². The minimum absolute atomic E-state index is 0.0385. The molecule has 0 aliphatic heterocycles. The molecule has 0 spiro atoms. The molecule has 0 aromatic heterocycles. The molecule has 104 valence electrons. The van der Waals surface area contributed by atoms with Gasteiger partial charge in [-0.1, -0.05) is 0 Å². The summed E-state index contributed by atoms with van der Waals surface area (Å²) < 4.78 is 4.88. The zero-order valence-electron chi connectivity index (χ0n) is 10.7. The second kappa shape index (κ2) is 8.55. The van der Waals surface area contributed by atoms with Gasteiger partial charge in [-0.3, -0.25) is 4.79 Å². The Morgan fingerprint density at radius 2 is 2.00 bits per heavy atom. The first-order valence-corrected chi connectivity index (χ1v) is 6.84. The predicted octanol–water partition coefficient (Wildman–Crippen LogP) is 1.63. The standard InChI is InChI=1S/C13H17NO4S/c1-18-8-2-7-14-12(15)9-19-11-5-3-10(4-6-11)13(16)17/h3-6H,2,7-9H2,1H3,(H,14,15)(H,16,17). The van der Waals surface area contributed by atoms with Crippen molar-refractivity contribution < 1.29 is 19.4 Å². The summed E-state index contributed by atoms with van der Waals surface area (Å²) in [7, 11) is 1.62. The quantitative estimate of drug-likeness (QED) is 0.560. The third-order valence-corrected chi connectivity index (χ3v) is 3.33. The lowest BCUT2D eigenvalue weighted by Crippen LogP contribution is -2.26. The zero-order valence-corrected chi connectivity index (χ0v) is 11.5. The summed E-state index contributed by atoms with van der Waals surface area (Å²) in [5.74, 6) is -0.671. The number of hydrogen-bond acceptors (Lipinski definition) is 4. The van der Waals surface area contributed by atoms with E-state index in [1.54, 1.807) is 19.2 Å². The maximum atomic E-state index is 11.5. The molecule has 19 heavy (non-hydrogen) atoms. The topological polar surface area (TPSA) is 75.6 Å². The average molecular weight is 283 g/mol. The highest BCUT2D eigenvalue weighted by Gasteiger charge is 2.04. The van der Waals surface area contributed by atoms with E-state index in [-0.39, 0.29) is 11.5 Å². The molecule has 1 amide bonds. The number of carbonyl (C=O) groups excluding carboxylic acids is 1. The lowest BCUT2D eigenvalue weighted by molar-refractivity contribution is -0.118. The van der Waals surface area contributed by atoms with Crippen LogP contribution in [0.1, 0.15) is 16.8 Å². The fraction of sp³-hybridized carbons (Fsp3) is 0.385. The van der Waals surface area contributed by atoms with Crippen molar-refractivity contribution in [2.45, 2.75) is 11.3 Å². The van der Waals surface area contributed by atoms with Crippen LogP contribution in [0.5, 0.6) is 0 Å². The van der Waals surface area contributed by atoms with E-state index in [9.17, 15) is 9.59 Å². The number of carboxylic acids is 1. The van der Waals surface area contributed by atoms with E-state index < -0.39 is 5.97 Å². The largest absolute Gasteiger partial charge is 0.478 e. The normalized spacial score (nSPS) is 10.2. The zero-order chi connectivity index (χ0) is 14.1. The first-order chi connectivity index (χ1) is 9.13. The average Bonchev–Trinajstić information content (AvgIpc) is 2.42. The molecule has 5 nitrogen and oxygen atoms in total. The molecule has 1 rings (SSSR count). The summed E-state index contributed by atoms with van der Waals surface area (Å²) >= 11 is 1.38. The van der Waals surface area contributed by atoms with Gasteiger partial charge in [-0.25, -0.2) is 4.79 Å². The maximum Gasteiger partial charge on any atom is 0.335 e. The minimum atomic E-state index is -0.951. The third-order valence-electron chi connectivity index (χ3n) is 2.32. The summed E-state index contributed by atoms with van der Waals surface area (Å²) in [6.07, 6.45) is 0.792. The van der Waals surface area contributed by atoms with Gasteiger partial charge in [0.25, 0.3) is 0 Å². The molecule has 0 bridgehead atoms. The fourth-order valence-corrected chi connectivity index (χ4v) is 2.07. The summed E-state index contributed by atoms with van der Waals surface area (Å²) in [4.78, 5) is 23.0. The van der Waals surface area contributed by atoms with Gasteiger partial charge in [0.05, 0.1) is 11.3 Å². The monoisotopic (exact) mass is 283 g/mol. The number of methoxy groups -OCH3 is 1. The van der Waals surface area contributed by atoms with Crippen molar-refractivity contribution in [2.24, 2.45) is 0 Å². The molecular weight excluding hydrogens is 266 g/mol. The molecule has 0 aliphatic carbocycles. The fourth-order valence-electron chi connectivity index (χ4n) is 1.34. The summed E-state index contributed by atoms with van der Waals surface area (Å²) in [6, 6.07) is 6.46. The van der Waals surface area contributed by atoms with E-state index in [1.807, 2.05) is 0 Å². The van der Waals surface area contributed by atoms with Crippen LogP contribution in [0.3, 0.4) is 0 Å². The van der Waals surface area contributed by atoms with Crippen LogP contribution in [0.4, 0.5) is 0 Å². The van der Waals surface area contributed by atoms with Crippen LogP contribution in [-0.2, 0) is 9.53 Å². The molecule has 1 aromatic carbocycles. The highest BCUT2D eigenvalue weighted by molar-refractivity contribution is 8.00. The van der Waals surface area contributed by atoms with Crippen LogP contribution in [-0.4, -0.2) is 43.0 Å². The first kappa shape index (κ1) is 15.5. The smallest absolute Gasteiger partial charge is 0.335 e. The van der Waals surface area contributed by atoms with Crippen molar-refractivity contribution in [1.82, 2.24) is 5.32 Å². The molecule has 6 heteroatoms. The van der Waals surface area contributed by atoms with Crippen LogP contribution < -0.4 is 5.32 Å². The lowest BCUT2D eigenvalue weighted by Gasteiger charge is -2.05. The van der Waals surface area contributed by atoms with Gasteiger partial charge in [-0.2, -0.15) is 0 Å². The molecule has 1 aromatic rings. The van der Waals surface area contributed by atoms with Crippen molar-refractivity contribution in [2.75, 3.05) is 26.0 Å². The van der Waals surface area contributed by atoms with Crippen molar-refractivity contribution in [3.63, 3.8) is 0 Å². The van der Waals surface area contributed by atoms with Crippen molar-refractivity contribution in [3.05, 3.63) is 29.8 Å². The van der Waals surface area contributed by atoms with Crippen LogP contribution in [0, 0.1) is 0 Å². The molecule has 0 aliphatic rings. The van der Waals surface area contributed by atoms with Crippen LogP contribution in [0.2, 0.25) is 0 Å². The van der Waals surface area contributed by atoms with Gasteiger partial charge in [0.1, 0.15) is 0 Å². The van der Waals surface area contributed by atoms with Gasteiger partial charge in [0.2, 0.25) is 5.91 Å². The minimum Gasteiger partial charge on any atom is -0.478 e. The number of thioether (sulfide) groups is 1. The Bertz CT molecular complexity index is 419. The SMILES string of the molecule is COCCCNC(=O)CSc1ccc(C(=O)O)cc1. The van der Waals surface area contributed by atoms with Crippen LogP contribution in [0.15, 0.2) is 29.2 Å². The van der Waals surface area contributed by atoms with Gasteiger partial charge >= 0.3 is 5.97 Å². The van der Waals surface area contributed by atoms with E-state index in [0.717, 1.165) is 11.3 Å². The molecule has 0 unspecified atom stereocenters. The second-order valence-corrected chi connectivity index (χ2v) is 4.86. The number of carbonyl (C=O) groups is 2. The molecular formula is C13H17NO4S. The molecule has 0 fully saturated rings. The van der Waals surface area contributed by atoms with E-state index in [2.05, 4.69) is 5.32 Å². The van der Waals surface area contributed by atoms with Crippen molar-refractivity contribution >= 4 is 23.6 Å². The van der Waals surface area contributed by atoms with Crippen LogP contribution in [0.25, 0.3) is 0 Å². The number of amides is 1. The van der Waals surface area contributed by atoms with Gasteiger partial charge in [-0.15, -0.1) is 11.8 Å². The lowest BCUT2D eigenvalue weighted by atomic mass is 10.2. The van der Waals surface area contributed by atoms with E-state index in [1.165, 1.54) is 23.9 Å². The van der Waals surface area contributed by atoms with Gasteiger partial charge in [-0.05, 0) is 30.7 Å². The van der Waals surface area contributed by atoms with Crippen LogP contribution >= 0.6 is 11.8 Å². The molecule has 0 heterocycles.